The molecule has 2 rings (SSSR count). The van der Waals surface area contributed by atoms with Gasteiger partial charge in [-0.25, -0.2) is 13.2 Å². The first-order chi connectivity index (χ1) is 8.91. The lowest BCUT2D eigenvalue weighted by molar-refractivity contribution is -0.142. The number of halogens is 3. The number of carbonyl (C=O) groups excluding carboxylic acids is 1. The highest BCUT2D eigenvalue weighted by atomic mass is 19.2. The molecule has 0 bridgehead atoms. The molecule has 102 valence electrons. The number of hydrogen-bond acceptors (Lipinski definition) is 2. The number of nitrogens with zero attached hydrogens (tertiary/aromatic N) is 1. The molecule has 1 aliphatic heterocycles. The van der Waals surface area contributed by atoms with E-state index in [-0.39, 0.29) is 19.4 Å². The number of piperidine rings is 1. The van der Waals surface area contributed by atoms with E-state index in [1.165, 1.54) is 0 Å². The van der Waals surface area contributed by atoms with Gasteiger partial charge in [0, 0.05) is 13.0 Å². The van der Waals surface area contributed by atoms with E-state index in [1.54, 1.807) is 0 Å². The van der Waals surface area contributed by atoms with Crippen molar-refractivity contribution in [1.29, 1.82) is 0 Å². The molecule has 1 aromatic carbocycles. The van der Waals surface area contributed by atoms with E-state index in [4.69, 9.17) is 5.11 Å². The molecule has 1 unspecified atom stereocenters. The van der Waals surface area contributed by atoms with Crippen molar-refractivity contribution < 1.29 is 27.9 Å². The Labute approximate surface area is 106 Å². The van der Waals surface area contributed by atoms with E-state index in [1.807, 2.05) is 0 Å². The summed E-state index contributed by atoms with van der Waals surface area (Å²) in [4.78, 5) is 23.4. The van der Waals surface area contributed by atoms with Crippen molar-refractivity contribution in [3.8, 4) is 0 Å². The van der Waals surface area contributed by atoms with Crippen LogP contribution >= 0.6 is 0 Å². The monoisotopic (exact) mass is 273 g/mol. The first kappa shape index (κ1) is 13.4. The predicted molar refractivity (Wildman–Crippen MR) is 59.0 cm³/mol. The van der Waals surface area contributed by atoms with Crippen molar-refractivity contribution in [2.45, 2.75) is 12.8 Å². The van der Waals surface area contributed by atoms with Gasteiger partial charge in [-0.05, 0) is 18.6 Å². The average molecular weight is 273 g/mol. The second kappa shape index (κ2) is 4.91. The Bertz CT molecular complexity index is 547. The van der Waals surface area contributed by atoms with Crippen molar-refractivity contribution in [3.63, 3.8) is 0 Å². The Morgan fingerprint density at radius 2 is 1.95 bits per heavy atom. The van der Waals surface area contributed by atoms with Crippen molar-refractivity contribution in [1.82, 2.24) is 0 Å². The van der Waals surface area contributed by atoms with Gasteiger partial charge in [0.1, 0.15) is 0 Å². The molecule has 1 amide bonds. The SMILES string of the molecule is O=C(O)C1CCC(=O)N(c2ccc(F)c(F)c2F)C1. The lowest BCUT2D eigenvalue weighted by Crippen LogP contribution is -2.43. The summed E-state index contributed by atoms with van der Waals surface area (Å²) in [6.07, 6.45) is 0.0748. The number of carboxylic acid groups (broad SMARTS) is 1. The molecule has 1 aromatic rings. The average Bonchev–Trinajstić information content (AvgIpc) is 2.37. The summed E-state index contributed by atoms with van der Waals surface area (Å²) in [6, 6.07) is 1.63. The van der Waals surface area contributed by atoms with Gasteiger partial charge in [0.05, 0.1) is 11.6 Å². The number of benzene rings is 1. The van der Waals surface area contributed by atoms with Gasteiger partial charge >= 0.3 is 5.97 Å². The molecule has 0 aromatic heterocycles. The molecule has 1 heterocycles. The topological polar surface area (TPSA) is 57.6 Å². The third kappa shape index (κ3) is 2.40. The molecule has 4 nitrogen and oxygen atoms in total. The van der Waals surface area contributed by atoms with Crippen LogP contribution in [0, 0.1) is 23.4 Å². The van der Waals surface area contributed by atoms with Crippen LogP contribution in [0.3, 0.4) is 0 Å². The Morgan fingerprint density at radius 3 is 2.58 bits per heavy atom. The second-order valence-corrected chi connectivity index (χ2v) is 4.27. The summed E-state index contributed by atoms with van der Waals surface area (Å²) in [5, 5.41) is 8.89. The molecule has 1 saturated heterocycles. The summed E-state index contributed by atoms with van der Waals surface area (Å²) >= 11 is 0. The van der Waals surface area contributed by atoms with Crippen LogP contribution in [0.5, 0.6) is 0 Å². The van der Waals surface area contributed by atoms with Crippen LogP contribution < -0.4 is 4.90 Å². The predicted octanol–water partition coefficient (Wildman–Crippen LogP) is 1.93. The highest BCUT2D eigenvalue weighted by molar-refractivity contribution is 5.95. The van der Waals surface area contributed by atoms with Crippen molar-refractivity contribution in [2.75, 3.05) is 11.4 Å². The van der Waals surface area contributed by atoms with Crippen LogP contribution in [-0.2, 0) is 9.59 Å². The van der Waals surface area contributed by atoms with E-state index in [2.05, 4.69) is 0 Å². The minimum atomic E-state index is -1.68. The van der Waals surface area contributed by atoms with Gasteiger partial charge in [-0.2, -0.15) is 0 Å². The van der Waals surface area contributed by atoms with Gasteiger partial charge in [-0.1, -0.05) is 0 Å². The zero-order valence-electron chi connectivity index (χ0n) is 9.70. The van der Waals surface area contributed by atoms with Crippen LogP contribution in [0.25, 0.3) is 0 Å². The highest BCUT2D eigenvalue weighted by Crippen LogP contribution is 2.28. The van der Waals surface area contributed by atoms with Crippen LogP contribution in [0.15, 0.2) is 12.1 Å². The van der Waals surface area contributed by atoms with Gasteiger partial charge in [-0.15, -0.1) is 0 Å². The quantitative estimate of drug-likeness (QED) is 0.838. The molecule has 0 saturated carbocycles. The zero-order chi connectivity index (χ0) is 14.2. The summed E-state index contributed by atoms with van der Waals surface area (Å²) in [5.74, 6) is -6.99. The van der Waals surface area contributed by atoms with Crippen molar-refractivity contribution >= 4 is 17.6 Å². The van der Waals surface area contributed by atoms with E-state index in [0.29, 0.717) is 6.07 Å². The highest BCUT2D eigenvalue weighted by Gasteiger charge is 2.33. The van der Waals surface area contributed by atoms with Crippen LogP contribution in [0.4, 0.5) is 18.9 Å². The number of amides is 1. The lowest BCUT2D eigenvalue weighted by Gasteiger charge is -2.30. The number of carboxylic acids is 1. The van der Waals surface area contributed by atoms with Gasteiger partial charge in [0.2, 0.25) is 5.91 Å². The zero-order valence-corrected chi connectivity index (χ0v) is 9.70. The maximum absolute atomic E-state index is 13.6. The van der Waals surface area contributed by atoms with Crippen LogP contribution in [0.2, 0.25) is 0 Å². The fourth-order valence-corrected chi connectivity index (χ4v) is 2.00. The van der Waals surface area contributed by atoms with Crippen LogP contribution in [0.1, 0.15) is 12.8 Å². The first-order valence-corrected chi connectivity index (χ1v) is 5.58. The van der Waals surface area contributed by atoms with Gasteiger partial charge < -0.3 is 10.0 Å². The summed E-state index contributed by atoms with van der Waals surface area (Å²) in [6.45, 7) is -0.254. The van der Waals surface area contributed by atoms with Crippen LogP contribution in [-0.4, -0.2) is 23.5 Å². The molecule has 1 atom stereocenters. The number of carbonyl (C=O) groups is 2. The van der Waals surface area contributed by atoms with Crippen molar-refractivity contribution in [3.05, 3.63) is 29.6 Å². The molecule has 19 heavy (non-hydrogen) atoms. The summed E-state index contributed by atoms with van der Waals surface area (Å²) in [7, 11) is 0. The number of rotatable bonds is 2. The second-order valence-electron chi connectivity index (χ2n) is 4.27. The molecule has 1 fully saturated rings. The Morgan fingerprint density at radius 1 is 1.26 bits per heavy atom. The van der Waals surface area contributed by atoms with E-state index in [9.17, 15) is 22.8 Å². The van der Waals surface area contributed by atoms with Gasteiger partial charge in [0.25, 0.3) is 0 Å². The minimum Gasteiger partial charge on any atom is -0.481 e. The maximum atomic E-state index is 13.6. The first-order valence-electron chi connectivity index (χ1n) is 5.58. The third-order valence-corrected chi connectivity index (χ3v) is 3.07. The standard InChI is InChI=1S/C12H10F3NO3/c13-7-2-3-8(11(15)10(7)14)16-5-6(12(18)19)1-4-9(16)17/h2-3,6H,1,4-5H2,(H,18,19). The summed E-state index contributed by atoms with van der Waals surface area (Å²) in [5.41, 5.74) is -0.435. The Hall–Kier alpha value is -2.05. The molecular formula is C12H10F3NO3. The van der Waals surface area contributed by atoms with E-state index < -0.39 is 40.9 Å². The fourth-order valence-electron chi connectivity index (χ4n) is 2.00. The minimum absolute atomic E-state index is 0.0740. The molecule has 0 spiro atoms. The molecular weight excluding hydrogens is 263 g/mol. The summed E-state index contributed by atoms with van der Waals surface area (Å²) < 4.78 is 39.5. The van der Waals surface area contributed by atoms with Crippen molar-refractivity contribution in [2.24, 2.45) is 5.92 Å². The normalized spacial score (nSPS) is 19.6. The molecule has 1 N–H and O–H groups in total. The number of aliphatic carboxylic acids is 1. The van der Waals surface area contributed by atoms with E-state index >= 15 is 0 Å². The third-order valence-electron chi connectivity index (χ3n) is 3.07. The Kier molecular flexibility index (Phi) is 3.46. The molecule has 0 radical (unpaired) electrons. The lowest BCUT2D eigenvalue weighted by atomic mass is 9.97. The maximum Gasteiger partial charge on any atom is 0.308 e. The number of hydrogen-bond donors (Lipinski definition) is 1. The Balaban J connectivity index is 2.37. The molecule has 0 aliphatic carbocycles. The fraction of sp³-hybridized carbons (Fsp3) is 0.333. The smallest absolute Gasteiger partial charge is 0.308 e. The molecule has 1 aliphatic rings. The van der Waals surface area contributed by atoms with Gasteiger partial charge in [-0.3, -0.25) is 9.59 Å². The van der Waals surface area contributed by atoms with E-state index in [0.717, 1.165) is 11.0 Å². The molecule has 7 heteroatoms. The van der Waals surface area contributed by atoms with Gasteiger partial charge in [0.15, 0.2) is 17.5 Å². The largest absolute Gasteiger partial charge is 0.481 e. The number of anilines is 1.